The molecular formula is C11H12F2O2. The number of carbonyl (C=O) groups is 1. The minimum atomic E-state index is -0.983. The van der Waals surface area contributed by atoms with E-state index >= 15 is 0 Å². The van der Waals surface area contributed by atoms with Crippen LogP contribution in [0.1, 0.15) is 30.4 Å². The summed E-state index contributed by atoms with van der Waals surface area (Å²) >= 11 is 0. The molecule has 0 fully saturated rings. The van der Waals surface area contributed by atoms with Gasteiger partial charge in [-0.1, -0.05) is 6.92 Å². The second-order valence-corrected chi connectivity index (χ2v) is 3.61. The van der Waals surface area contributed by atoms with Gasteiger partial charge in [-0.25, -0.2) is 8.78 Å². The standard InChI is InChI=1S/C11H12F2O2/c1-6(3-11(14)15)8-4-9(12)7(2)10(13)5-8/h4-6H,3H2,1-2H3,(H,14,15). The van der Waals surface area contributed by atoms with Crippen molar-refractivity contribution >= 4 is 5.97 Å². The predicted octanol–water partition coefficient (Wildman–Crippen LogP) is 2.85. The third-order valence-corrected chi connectivity index (χ3v) is 2.35. The van der Waals surface area contributed by atoms with Gasteiger partial charge in [0.2, 0.25) is 0 Å². The van der Waals surface area contributed by atoms with Crippen LogP contribution in [-0.2, 0) is 4.79 Å². The number of halogens is 2. The highest BCUT2D eigenvalue weighted by Gasteiger charge is 2.14. The van der Waals surface area contributed by atoms with Crippen molar-refractivity contribution in [3.05, 3.63) is 34.9 Å². The first-order chi connectivity index (χ1) is 6.91. The first kappa shape index (κ1) is 11.6. The third-order valence-electron chi connectivity index (χ3n) is 2.35. The number of carboxylic acids is 1. The van der Waals surface area contributed by atoms with Gasteiger partial charge in [-0.15, -0.1) is 0 Å². The fraction of sp³-hybridized carbons (Fsp3) is 0.364. The number of rotatable bonds is 3. The Bertz CT molecular complexity index is 365. The molecular weight excluding hydrogens is 202 g/mol. The molecule has 1 aromatic rings. The maximum atomic E-state index is 13.2. The summed E-state index contributed by atoms with van der Waals surface area (Å²) in [6.07, 6.45) is -0.137. The van der Waals surface area contributed by atoms with Crippen LogP contribution < -0.4 is 0 Å². The van der Waals surface area contributed by atoms with Crippen molar-refractivity contribution < 1.29 is 18.7 Å². The number of hydrogen-bond donors (Lipinski definition) is 1. The van der Waals surface area contributed by atoms with Gasteiger partial charge in [0, 0.05) is 5.56 Å². The quantitative estimate of drug-likeness (QED) is 0.840. The number of aliphatic carboxylic acids is 1. The van der Waals surface area contributed by atoms with Crippen LogP contribution >= 0.6 is 0 Å². The Morgan fingerprint density at radius 2 is 1.87 bits per heavy atom. The van der Waals surface area contributed by atoms with Crippen LogP contribution in [0.4, 0.5) is 8.78 Å². The lowest BCUT2D eigenvalue weighted by Gasteiger charge is -2.10. The summed E-state index contributed by atoms with van der Waals surface area (Å²) in [6, 6.07) is 2.37. The summed E-state index contributed by atoms with van der Waals surface area (Å²) in [7, 11) is 0. The van der Waals surface area contributed by atoms with E-state index < -0.39 is 23.5 Å². The first-order valence-electron chi connectivity index (χ1n) is 4.59. The minimum Gasteiger partial charge on any atom is -0.481 e. The van der Waals surface area contributed by atoms with Gasteiger partial charge in [-0.05, 0) is 30.5 Å². The van der Waals surface area contributed by atoms with Crippen molar-refractivity contribution in [2.45, 2.75) is 26.2 Å². The van der Waals surface area contributed by atoms with Gasteiger partial charge in [0.25, 0.3) is 0 Å². The van der Waals surface area contributed by atoms with E-state index in [1.807, 2.05) is 0 Å². The SMILES string of the molecule is Cc1c(F)cc(C(C)CC(=O)O)cc1F. The number of benzene rings is 1. The van der Waals surface area contributed by atoms with Crippen LogP contribution in [0.2, 0.25) is 0 Å². The molecule has 0 aromatic heterocycles. The van der Waals surface area contributed by atoms with Crippen LogP contribution in [0.25, 0.3) is 0 Å². The van der Waals surface area contributed by atoms with Crippen molar-refractivity contribution in [2.75, 3.05) is 0 Å². The lowest BCUT2D eigenvalue weighted by atomic mass is 9.96. The molecule has 1 unspecified atom stereocenters. The lowest BCUT2D eigenvalue weighted by molar-refractivity contribution is -0.137. The van der Waals surface area contributed by atoms with Crippen molar-refractivity contribution in [2.24, 2.45) is 0 Å². The Kier molecular flexibility index (Phi) is 3.39. The third kappa shape index (κ3) is 2.75. The smallest absolute Gasteiger partial charge is 0.303 e. The van der Waals surface area contributed by atoms with Gasteiger partial charge in [0.1, 0.15) is 11.6 Å². The van der Waals surface area contributed by atoms with Crippen LogP contribution in [0, 0.1) is 18.6 Å². The maximum absolute atomic E-state index is 13.2. The highest BCUT2D eigenvalue weighted by molar-refractivity contribution is 5.67. The van der Waals surface area contributed by atoms with Crippen LogP contribution in [-0.4, -0.2) is 11.1 Å². The van der Waals surface area contributed by atoms with E-state index in [1.54, 1.807) is 6.92 Å². The molecule has 0 aliphatic carbocycles. The largest absolute Gasteiger partial charge is 0.481 e. The number of carboxylic acid groups (broad SMARTS) is 1. The van der Waals surface area contributed by atoms with E-state index in [-0.39, 0.29) is 12.0 Å². The Hall–Kier alpha value is -1.45. The second-order valence-electron chi connectivity index (χ2n) is 3.61. The summed E-state index contributed by atoms with van der Waals surface area (Å²) in [5.74, 6) is -2.65. The van der Waals surface area contributed by atoms with E-state index in [1.165, 1.54) is 19.1 Å². The van der Waals surface area contributed by atoms with Gasteiger partial charge in [0.05, 0.1) is 6.42 Å². The van der Waals surface area contributed by atoms with Crippen LogP contribution in [0.15, 0.2) is 12.1 Å². The maximum Gasteiger partial charge on any atom is 0.303 e. The fourth-order valence-electron chi connectivity index (χ4n) is 1.33. The van der Waals surface area contributed by atoms with Gasteiger partial charge < -0.3 is 5.11 Å². The molecule has 0 spiro atoms. The molecule has 1 rings (SSSR count). The molecule has 0 amide bonds. The second kappa shape index (κ2) is 4.38. The van der Waals surface area contributed by atoms with Gasteiger partial charge in [0.15, 0.2) is 0 Å². The van der Waals surface area contributed by atoms with Crippen molar-refractivity contribution in [3.8, 4) is 0 Å². The summed E-state index contributed by atoms with van der Waals surface area (Å²) in [5.41, 5.74) is 0.333. The average molecular weight is 214 g/mol. The lowest BCUT2D eigenvalue weighted by Crippen LogP contribution is -2.04. The Labute approximate surface area is 86.5 Å². The molecule has 0 bridgehead atoms. The highest BCUT2D eigenvalue weighted by Crippen LogP contribution is 2.23. The van der Waals surface area contributed by atoms with E-state index in [0.29, 0.717) is 5.56 Å². The summed E-state index contributed by atoms with van der Waals surface area (Å²) in [5, 5.41) is 8.55. The van der Waals surface area contributed by atoms with E-state index in [0.717, 1.165) is 0 Å². The fourth-order valence-corrected chi connectivity index (χ4v) is 1.33. The average Bonchev–Trinajstić information content (AvgIpc) is 2.12. The monoisotopic (exact) mass is 214 g/mol. The van der Waals surface area contributed by atoms with E-state index in [4.69, 9.17) is 5.11 Å². The molecule has 15 heavy (non-hydrogen) atoms. The van der Waals surface area contributed by atoms with Crippen molar-refractivity contribution in [1.29, 1.82) is 0 Å². The normalized spacial score (nSPS) is 12.5. The predicted molar refractivity (Wildman–Crippen MR) is 51.8 cm³/mol. The van der Waals surface area contributed by atoms with Crippen LogP contribution in [0.5, 0.6) is 0 Å². The minimum absolute atomic E-state index is 0.0405. The summed E-state index contributed by atoms with van der Waals surface area (Å²) < 4.78 is 26.3. The Balaban J connectivity index is 3.00. The Morgan fingerprint density at radius 1 is 1.40 bits per heavy atom. The molecule has 1 atom stereocenters. The summed E-state index contributed by atoms with van der Waals surface area (Å²) in [6.45, 7) is 2.97. The molecule has 0 aliphatic rings. The molecule has 0 saturated heterocycles. The topological polar surface area (TPSA) is 37.3 Å². The van der Waals surface area contributed by atoms with Crippen LogP contribution in [0.3, 0.4) is 0 Å². The summed E-state index contributed by atoms with van der Waals surface area (Å²) in [4.78, 5) is 10.4. The molecule has 1 N–H and O–H groups in total. The van der Waals surface area contributed by atoms with Gasteiger partial charge in [-0.2, -0.15) is 0 Å². The molecule has 0 saturated carbocycles. The molecule has 4 heteroatoms. The van der Waals surface area contributed by atoms with Crippen molar-refractivity contribution in [3.63, 3.8) is 0 Å². The van der Waals surface area contributed by atoms with E-state index in [9.17, 15) is 13.6 Å². The zero-order valence-electron chi connectivity index (χ0n) is 8.55. The molecule has 82 valence electrons. The Morgan fingerprint density at radius 3 is 2.27 bits per heavy atom. The zero-order chi connectivity index (χ0) is 11.6. The molecule has 0 radical (unpaired) electrons. The van der Waals surface area contributed by atoms with E-state index in [2.05, 4.69) is 0 Å². The van der Waals surface area contributed by atoms with Gasteiger partial charge >= 0.3 is 5.97 Å². The number of hydrogen-bond acceptors (Lipinski definition) is 1. The molecule has 0 aliphatic heterocycles. The first-order valence-corrected chi connectivity index (χ1v) is 4.59. The van der Waals surface area contributed by atoms with Gasteiger partial charge in [-0.3, -0.25) is 4.79 Å². The molecule has 2 nitrogen and oxygen atoms in total. The molecule has 0 heterocycles. The zero-order valence-corrected chi connectivity index (χ0v) is 8.55. The van der Waals surface area contributed by atoms with Crippen molar-refractivity contribution in [1.82, 2.24) is 0 Å². The molecule has 1 aromatic carbocycles. The highest BCUT2D eigenvalue weighted by atomic mass is 19.1.